The highest BCUT2D eigenvalue weighted by Crippen LogP contribution is 2.27. The average molecular weight is 315 g/mol. The molecule has 2 aromatic heterocycles. The zero-order valence-corrected chi connectivity index (χ0v) is 13.7. The molecule has 3 nitrogen and oxygen atoms in total. The van der Waals surface area contributed by atoms with Crippen LogP contribution in [0.15, 0.2) is 67.0 Å². The molecule has 1 N–H and O–H groups in total. The second kappa shape index (κ2) is 6.93. The molecular weight excluding hydrogens is 294 g/mol. The normalized spacial score (nSPS) is 16.6. The third-order valence-corrected chi connectivity index (χ3v) is 4.66. The summed E-state index contributed by atoms with van der Waals surface area (Å²) in [6.07, 6.45) is 7.36. The number of hydrogen-bond donors (Lipinski definition) is 1. The van der Waals surface area contributed by atoms with E-state index in [0.717, 1.165) is 30.6 Å². The fourth-order valence-electron chi connectivity index (χ4n) is 3.37. The van der Waals surface area contributed by atoms with Gasteiger partial charge in [0.15, 0.2) is 0 Å². The van der Waals surface area contributed by atoms with E-state index in [0.29, 0.717) is 6.04 Å². The lowest BCUT2D eigenvalue weighted by molar-refractivity contribution is 0.445. The molecule has 0 aliphatic heterocycles. The van der Waals surface area contributed by atoms with Gasteiger partial charge in [-0.15, -0.1) is 0 Å². The van der Waals surface area contributed by atoms with Crippen molar-refractivity contribution >= 4 is 0 Å². The molecule has 24 heavy (non-hydrogen) atoms. The van der Waals surface area contributed by atoms with Gasteiger partial charge in [0, 0.05) is 24.5 Å². The summed E-state index contributed by atoms with van der Waals surface area (Å²) in [5, 5.41) is 3.63. The maximum absolute atomic E-state index is 4.61. The molecule has 3 aromatic rings. The highest BCUT2D eigenvalue weighted by Gasteiger charge is 2.20. The molecule has 0 saturated heterocycles. The summed E-state index contributed by atoms with van der Waals surface area (Å²) in [6.45, 7) is 0.774. The second-order valence-corrected chi connectivity index (χ2v) is 6.28. The third kappa shape index (κ3) is 3.22. The van der Waals surface area contributed by atoms with E-state index in [9.17, 15) is 0 Å². The average Bonchev–Trinajstić information content (AvgIpc) is 2.67. The van der Waals surface area contributed by atoms with Gasteiger partial charge >= 0.3 is 0 Å². The number of aryl methyl sites for hydroxylation is 1. The van der Waals surface area contributed by atoms with Crippen molar-refractivity contribution in [2.45, 2.75) is 31.8 Å². The summed E-state index contributed by atoms with van der Waals surface area (Å²) in [7, 11) is 0. The molecule has 0 amide bonds. The second-order valence-electron chi connectivity index (χ2n) is 6.28. The molecule has 4 rings (SSSR count). The van der Waals surface area contributed by atoms with Gasteiger partial charge in [0.25, 0.3) is 0 Å². The van der Waals surface area contributed by atoms with Gasteiger partial charge in [0.05, 0.1) is 17.4 Å². The minimum absolute atomic E-state index is 0.338. The molecule has 1 atom stereocenters. The number of aromatic nitrogens is 2. The minimum Gasteiger partial charge on any atom is -0.303 e. The van der Waals surface area contributed by atoms with Crippen LogP contribution in [0.1, 0.15) is 35.8 Å². The van der Waals surface area contributed by atoms with E-state index in [4.69, 9.17) is 0 Å². The number of nitrogens with one attached hydrogen (secondary N) is 1. The summed E-state index contributed by atoms with van der Waals surface area (Å²) in [6, 6.07) is 19.2. The number of benzene rings is 1. The lowest BCUT2D eigenvalue weighted by atomic mass is 9.92. The Labute approximate surface area is 142 Å². The predicted molar refractivity (Wildman–Crippen MR) is 96.4 cm³/mol. The molecule has 1 aromatic carbocycles. The first-order valence-corrected chi connectivity index (χ1v) is 8.58. The van der Waals surface area contributed by atoms with Crippen LogP contribution in [0.2, 0.25) is 0 Å². The topological polar surface area (TPSA) is 37.8 Å². The van der Waals surface area contributed by atoms with Crippen LogP contribution in [0.4, 0.5) is 0 Å². The Bertz CT molecular complexity index is 797. The van der Waals surface area contributed by atoms with Crippen LogP contribution in [0, 0.1) is 0 Å². The van der Waals surface area contributed by atoms with E-state index in [1.165, 1.54) is 23.2 Å². The van der Waals surface area contributed by atoms with Crippen molar-refractivity contribution in [2.24, 2.45) is 0 Å². The predicted octanol–water partition coefficient (Wildman–Crippen LogP) is 4.31. The Morgan fingerprint density at radius 2 is 1.83 bits per heavy atom. The summed E-state index contributed by atoms with van der Waals surface area (Å²) in [4.78, 5) is 9.20. The van der Waals surface area contributed by atoms with Crippen molar-refractivity contribution in [2.75, 3.05) is 0 Å². The number of rotatable bonds is 4. The first kappa shape index (κ1) is 15.0. The van der Waals surface area contributed by atoms with E-state index < -0.39 is 0 Å². The Hall–Kier alpha value is -2.52. The van der Waals surface area contributed by atoms with Gasteiger partial charge in [-0.25, -0.2) is 0 Å². The highest BCUT2D eigenvalue weighted by atomic mass is 15.0. The van der Waals surface area contributed by atoms with Crippen LogP contribution >= 0.6 is 0 Å². The van der Waals surface area contributed by atoms with Gasteiger partial charge < -0.3 is 5.32 Å². The van der Waals surface area contributed by atoms with E-state index >= 15 is 0 Å². The largest absolute Gasteiger partial charge is 0.303 e. The minimum atomic E-state index is 0.338. The van der Waals surface area contributed by atoms with Crippen LogP contribution in [-0.4, -0.2) is 9.97 Å². The monoisotopic (exact) mass is 315 g/mol. The molecule has 120 valence electrons. The molecule has 0 fully saturated rings. The van der Waals surface area contributed by atoms with Gasteiger partial charge in [-0.3, -0.25) is 9.97 Å². The Balaban J connectivity index is 1.44. The van der Waals surface area contributed by atoms with Crippen molar-refractivity contribution in [1.82, 2.24) is 15.3 Å². The molecule has 0 saturated carbocycles. The number of pyridine rings is 2. The molecule has 0 bridgehead atoms. The summed E-state index contributed by atoms with van der Waals surface area (Å²) < 4.78 is 0. The lowest BCUT2D eigenvalue weighted by Crippen LogP contribution is -2.26. The van der Waals surface area contributed by atoms with Crippen LogP contribution in [0.25, 0.3) is 11.1 Å². The van der Waals surface area contributed by atoms with Crippen molar-refractivity contribution in [1.29, 1.82) is 0 Å². The Morgan fingerprint density at radius 3 is 2.67 bits per heavy atom. The fraction of sp³-hybridized carbons (Fsp3) is 0.238. The number of hydrogen-bond acceptors (Lipinski definition) is 3. The molecule has 0 spiro atoms. The maximum Gasteiger partial charge on any atom is 0.0605 e. The molecule has 0 radical (unpaired) electrons. The standard InChI is InChI=1S/C21H21N3/c1-2-6-16(7-3-1)18-11-12-19(23-14-18)15-24-20-10-4-8-17-9-5-13-22-21(17)20/h1-3,5-7,9,11-14,20,24H,4,8,10,15H2. The number of nitrogens with zero attached hydrogens (tertiary/aromatic N) is 2. The van der Waals surface area contributed by atoms with Crippen molar-refractivity contribution in [3.8, 4) is 11.1 Å². The van der Waals surface area contributed by atoms with E-state index in [1.54, 1.807) is 0 Å². The van der Waals surface area contributed by atoms with Gasteiger partial charge in [0.1, 0.15) is 0 Å². The van der Waals surface area contributed by atoms with Gasteiger partial charge in [0.2, 0.25) is 0 Å². The first-order chi connectivity index (χ1) is 11.9. The van der Waals surface area contributed by atoms with Crippen LogP contribution in [-0.2, 0) is 13.0 Å². The molecular formula is C21H21N3. The van der Waals surface area contributed by atoms with Crippen molar-refractivity contribution in [3.63, 3.8) is 0 Å². The van der Waals surface area contributed by atoms with Crippen molar-refractivity contribution < 1.29 is 0 Å². The van der Waals surface area contributed by atoms with Crippen LogP contribution in [0.3, 0.4) is 0 Å². The quantitative estimate of drug-likeness (QED) is 0.779. The molecule has 3 heteroatoms. The third-order valence-electron chi connectivity index (χ3n) is 4.66. The van der Waals surface area contributed by atoms with E-state index in [1.807, 2.05) is 24.5 Å². The molecule has 1 aliphatic carbocycles. The smallest absolute Gasteiger partial charge is 0.0605 e. The van der Waals surface area contributed by atoms with E-state index in [2.05, 4.69) is 57.7 Å². The fourth-order valence-corrected chi connectivity index (χ4v) is 3.37. The first-order valence-electron chi connectivity index (χ1n) is 8.58. The van der Waals surface area contributed by atoms with Crippen molar-refractivity contribution in [3.05, 3.63) is 83.9 Å². The van der Waals surface area contributed by atoms with Gasteiger partial charge in [-0.1, -0.05) is 42.5 Å². The van der Waals surface area contributed by atoms with Gasteiger partial charge in [-0.05, 0) is 42.5 Å². The van der Waals surface area contributed by atoms with E-state index in [-0.39, 0.29) is 0 Å². The Morgan fingerprint density at radius 1 is 0.917 bits per heavy atom. The number of fused-ring (bicyclic) bond motifs is 1. The summed E-state index contributed by atoms with van der Waals surface area (Å²) in [5.74, 6) is 0. The molecule has 1 aliphatic rings. The lowest BCUT2D eigenvalue weighted by Gasteiger charge is -2.25. The summed E-state index contributed by atoms with van der Waals surface area (Å²) >= 11 is 0. The van der Waals surface area contributed by atoms with Crippen LogP contribution in [0.5, 0.6) is 0 Å². The zero-order chi connectivity index (χ0) is 16.2. The van der Waals surface area contributed by atoms with Gasteiger partial charge in [-0.2, -0.15) is 0 Å². The molecule has 2 heterocycles. The molecule has 1 unspecified atom stereocenters. The maximum atomic E-state index is 4.61. The highest BCUT2D eigenvalue weighted by molar-refractivity contribution is 5.62. The SMILES string of the molecule is c1ccc(-c2ccc(CNC3CCCc4cccnc43)nc2)cc1. The zero-order valence-electron chi connectivity index (χ0n) is 13.7. The summed E-state index contributed by atoms with van der Waals surface area (Å²) in [5.41, 5.74) is 6.02. The van der Waals surface area contributed by atoms with Crippen LogP contribution < -0.4 is 5.32 Å². The Kier molecular flexibility index (Phi) is 4.34.